The Morgan fingerprint density at radius 2 is 0.436 bits per heavy atom. The summed E-state index contributed by atoms with van der Waals surface area (Å²) in [6.07, 6.45) is 28.1. The maximum absolute atomic E-state index is 4.88. The Morgan fingerprint density at radius 3 is 0.871 bits per heavy atom. The van der Waals surface area contributed by atoms with Crippen molar-refractivity contribution in [3.8, 4) is 89.0 Å². The van der Waals surface area contributed by atoms with Crippen LogP contribution in [0.15, 0.2) is 340 Å². The summed E-state index contributed by atoms with van der Waals surface area (Å²) in [5, 5.41) is 0. The van der Waals surface area contributed by atoms with Crippen LogP contribution in [0.1, 0.15) is 178 Å². The first-order valence-electron chi connectivity index (χ1n) is 50.3. The first-order chi connectivity index (χ1) is 69.4. The molecule has 0 amide bonds. The van der Waals surface area contributed by atoms with Crippen LogP contribution in [0.3, 0.4) is 0 Å². The van der Waals surface area contributed by atoms with Crippen molar-refractivity contribution in [3.63, 3.8) is 0 Å². The molecule has 16 aromatic carbocycles. The first-order valence-corrected chi connectivity index (χ1v) is 50.3. The number of para-hydroxylation sites is 4. The molecule has 656 valence electrons. The average molecular weight is 1790 g/mol. The molecule has 0 bridgehead atoms. The molecule has 0 fully saturated rings. The fourth-order valence-electron chi connectivity index (χ4n) is 28.9. The summed E-state index contributed by atoms with van der Waals surface area (Å²) in [7, 11) is 0. The van der Waals surface area contributed by atoms with E-state index >= 15 is 0 Å². The lowest BCUT2D eigenvalue weighted by Gasteiger charge is -2.40. The Balaban J connectivity index is 0.0000000829. The lowest BCUT2D eigenvalue weighted by molar-refractivity contribution is 0.969. The second-order valence-electron chi connectivity index (χ2n) is 41.3. The van der Waals surface area contributed by atoms with Crippen LogP contribution in [-0.4, -0.2) is 19.9 Å². The van der Waals surface area contributed by atoms with E-state index in [0.29, 0.717) is 0 Å². The second-order valence-corrected chi connectivity index (χ2v) is 41.3. The zero-order chi connectivity index (χ0) is 90.7. The van der Waals surface area contributed by atoms with Gasteiger partial charge >= 0.3 is 0 Å². The molecule has 8 aliphatic carbocycles. The lowest BCUT2D eigenvalue weighted by Crippen LogP contribution is -2.26. The molecule has 140 heavy (non-hydrogen) atoms. The zero-order valence-corrected chi connectivity index (χ0v) is 77.2. The molecule has 36 rings (SSSR count). The van der Waals surface area contributed by atoms with Crippen LogP contribution in [0.4, 0.5) is 68.4 Å². The van der Waals surface area contributed by atoms with Crippen molar-refractivity contribution in [2.45, 2.75) is 103 Å². The quantitative estimate of drug-likeness (QED) is 0.149. The maximum Gasteiger partial charge on any atom is 0.141 e. The molecule has 20 aromatic rings. The van der Waals surface area contributed by atoms with E-state index < -0.39 is 0 Å². The molecule has 0 radical (unpaired) electrons. The number of anilines is 12. The van der Waals surface area contributed by atoms with Crippen LogP contribution in [-0.2, 0) is 103 Å². The number of nitrogens with zero attached hydrogens (tertiary/aromatic N) is 8. The van der Waals surface area contributed by atoms with Gasteiger partial charge < -0.3 is 14.7 Å². The molecule has 0 atom stereocenters. The van der Waals surface area contributed by atoms with E-state index in [9.17, 15) is 0 Å². The third-order valence-corrected chi connectivity index (χ3v) is 34.4. The Hall–Kier alpha value is -16.7. The highest BCUT2D eigenvalue weighted by Crippen LogP contribution is 2.64. The third-order valence-electron chi connectivity index (χ3n) is 34.4. The molecule has 0 spiro atoms. The molecule has 8 nitrogen and oxygen atoms in total. The number of aromatic nitrogens is 4. The van der Waals surface area contributed by atoms with Crippen molar-refractivity contribution < 1.29 is 0 Å². The number of fused-ring (bicyclic) bond motifs is 48. The van der Waals surface area contributed by atoms with Crippen molar-refractivity contribution in [1.29, 1.82) is 0 Å². The van der Waals surface area contributed by atoms with E-state index in [1.807, 2.05) is 24.8 Å². The Kier molecular flexibility index (Phi) is 15.6. The molecule has 0 saturated heterocycles. The van der Waals surface area contributed by atoms with Gasteiger partial charge in [-0.25, -0.2) is 4.98 Å². The zero-order valence-electron chi connectivity index (χ0n) is 77.2. The molecule has 0 unspecified atom stereocenters. The number of rotatable bonds is 0. The maximum atomic E-state index is 4.88. The molecule has 0 N–H and O–H groups in total. The highest BCUT2D eigenvalue weighted by molar-refractivity contribution is 6.04. The molecule has 12 heterocycles. The summed E-state index contributed by atoms with van der Waals surface area (Å²) in [6.45, 7) is 0. The molecular weight excluding hydrogens is 1700 g/mol. The second kappa shape index (κ2) is 28.5. The number of hydrogen-bond acceptors (Lipinski definition) is 8. The van der Waals surface area contributed by atoms with Gasteiger partial charge in [0.1, 0.15) is 5.82 Å². The molecule has 4 aromatic heterocycles. The number of pyridine rings is 4. The third kappa shape index (κ3) is 10.6. The first kappa shape index (κ1) is 76.5. The van der Waals surface area contributed by atoms with Gasteiger partial charge in [0.25, 0.3) is 0 Å². The summed E-state index contributed by atoms with van der Waals surface area (Å²) >= 11 is 0. The normalized spacial score (nSPS) is 14.9. The van der Waals surface area contributed by atoms with Gasteiger partial charge in [-0.15, -0.1) is 0 Å². The van der Waals surface area contributed by atoms with Gasteiger partial charge in [0.05, 0.1) is 57.4 Å². The van der Waals surface area contributed by atoms with Crippen LogP contribution in [0, 0.1) is 0 Å². The summed E-state index contributed by atoms with van der Waals surface area (Å²) in [6, 6.07) is 114. The van der Waals surface area contributed by atoms with Crippen molar-refractivity contribution in [3.05, 3.63) is 519 Å². The van der Waals surface area contributed by atoms with Gasteiger partial charge in [0.15, 0.2) is 0 Å². The molecular formula is C132H88N8. The largest absolute Gasteiger partial charge is 0.309 e. The minimum Gasteiger partial charge on any atom is -0.309 e. The average Bonchev–Trinajstić information content (AvgIpc) is 1.43. The molecule has 16 aliphatic rings. The van der Waals surface area contributed by atoms with Crippen LogP contribution in [0.5, 0.6) is 0 Å². The van der Waals surface area contributed by atoms with E-state index in [4.69, 9.17) is 9.97 Å². The van der Waals surface area contributed by atoms with Gasteiger partial charge in [-0.05, 0) is 367 Å². The predicted octanol–water partition coefficient (Wildman–Crippen LogP) is 30.0. The van der Waals surface area contributed by atoms with E-state index in [-0.39, 0.29) is 0 Å². The highest BCUT2D eigenvalue weighted by atomic mass is 15.2. The molecule has 8 aliphatic heterocycles. The van der Waals surface area contributed by atoms with Gasteiger partial charge in [-0.1, -0.05) is 249 Å². The van der Waals surface area contributed by atoms with Crippen LogP contribution >= 0.6 is 0 Å². The van der Waals surface area contributed by atoms with Gasteiger partial charge in [0, 0.05) is 99.4 Å². The van der Waals surface area contributed by atoms with Gasteiger partial charge in [-0.2, -0.15) is 0 Å². The summed E-state index contributed by atoms with van der Waals surface area (Å²) < 4.78 is 0. The summed E-state index contributed by atoms with van der Waals surface area (Å²) in [4.78, 5) is 28.7. The fourth-order valence-corrected chi connectivity index (χ4v) is 28.9. The fraction of sp³-hybridized carbons (Fsp3) is 0.121. The monoisotopic (exact) mass is 1780 g/mol. The van der Waals surface area contributed by atoms with Gasteiger partial charge in [0.2, 0.25) is 0 Å². The van der Waals surface area contributed by atoms with Crippen LogP contribution in [0.25, 0.3) is 89.0 Å². The minimum atomic E-state index is 0.900. The standard InChI is InChI=1S/4C33H22N2/c1-3-9-24-19(6-1)16-27-25(24)11-12-26-28(27)18-22-15-23-14-20-7-2-4-10-30(20)35-32(23)29(31(22)26)17-21-8-5-13-34-33(21)35;1-3-8-23-19(6-1)16-26-24(23)11-12-25-27(26)17-21-15-22-14-20-7-2-4-9-30(20)35-31-10-5-13-34-29(31)18-28(32(21)25)33(22)35;1-3-7-24-19(5-1)15-27-25(24)9-10-26-28(27)16-21-14-22-13-20-6-2-4-8-30(20)35-31-11-12-34-18-23(31)17-29(32(21)26)33(22)35;1-3-7-24-19(5-1)15-27-25(24)9-10-26-28(27)17-22-14-23-13-20-6-2-4-8-30(20)35-31-18-34-12-11-21(31)16-29(32(22)26)33(23)35/h2*1-13,15H,14,16-18H2;2*1-12,14,18H,13,15-17H2. The minimum absolute atomic E-state index is 0.900. The van der Waals surface area contributed by atoms with Crippen molar-refractivity contribution >= 4 is 68.4 Å². The summed E-state index contributed by atoms with van der Waals surface area (Å²) in [5.74, 6) is 1.09. The smallest absolute Gasteiger partial charge is 0.141 e. The van der Waals surface area contributed by atoms with Crippen LogP contribution in [0.2, 0.25) is 0 Å². The SMILES string of the molecule is c1ccc2c(c1)Cc1c-2ccc2c1Cc1cc3c4c(c1-2)Cc1cccnc1N4c1ccccc1C3.c1ccc2c(c1)Cc1c-2ccc2c1Cc1cc3c4c(c1-2)Cc1ccncc1N4c1ccccc1C3.c1ccc2c(c1)Cc1c-2ccc2c1Cc1cc3c4c(c1-2)Cc1cnccc1N4c1ccccc1C3.c1ccc2c(c1)Cc1c-2ccc2c1Cc1cc3c4c(c1-2)Cc1ncccc1N4c1ccccc1C3. The summed E-state index contributed by atoms with van der Waals surface area (Å²) in [5.41, 5.74) is 84.5. The van der Waals surface area contributed by atoms with Gasteiger partial charge in [-0.3, -0.25) is 19.9 Å². The van der Waals surface area contributed by atoms with Crippen molar-refractivity contribution in [1.82, 2.24) is 19.9 Å². The van der Waals surface area contributed by atoms with Crippen LogP contribution < -0.4 is 19.6 Å². The predicted molar refractivity (Wildman–Crippen MR) is 564 cm³/mol. The topological polar surface area (TPSA) is 64.5 Å². The van der Waals surface area contributed by atoms with Crippen molar-refractivity contribution in [2.24, 2.45) is 0 Å². The number of benzene rings is 16. The highest BCUT2D eigenvalue weighted by Gasteiger charge is 2.45. The Labute approximate surface area is 812 Å². The van der Waals surface area contributed by atoms with E-state index in [1.54, 1.807) is 44.5 Å². The molecule has 0 saturated carbocycles. The van der Waals surface area contributed by atoms with E-state index in [2.05, 4.69) is 345 Å². The Bertz CT molecular complexity index is 8040. The van der Waals surface area contributed by atoms with Crippen molar-refractivity contribution in [2.75, 3.05) is 19.6 Å². The lowest BCUT2D eigenvalue weighted by atomic mass is 9.82. The van der Waals surface area contributed by atoms with E-state index in [1.165, 1.54) is 285 Å². The number of hydrogen-bond donors (Lipinski definition) is 0. The Morgan fingerprint density at radius 1 is 0.157 bits per heavy atom. The van der Waals surface area contributed by atoms with E-state index in [0.717, 1.165) is 109 Å². The molecule has 8 heteroatoms.